The van der Waals surface area contributed by atoms with E-state index in [4.69, 9.17) is 0 Å². The topological polar surface area (TPSA) is 37.3 Å². The third kappa shape index (κ3) is 2.29. The molecule has 0 aromatic rings. The standard InChI is InChI=1S/C9H18O2/c1-5-9(11,6-2)7(3)8(4)10/h7,11H,5-6H2,1-4H3. The van der Waals surface area contributed by atoms with Crippen LogP contribution in [0.4, 0.5) is 0 Å². The maximum Gasteiger partial charge on any atom is 0.135 e. The quantitative estimate of drug-likeness (QED) is 0.677. The fraction of sp³-hybridized carbons (Fsp3) is 0.889. The molecule has 2 nitrogen and oxygen atoms in total. The number of rotatable bonds is 4. The van der Waals surface area contributed by atoms with Crippen molar-refractivity contribution in [1.29, 1.82) is 0 Å². The van der Waals surface area contributed by atoms with Crippen LogP contribution < -0.4 is 0 Å². The van der Waals surface area contributed by atoms with Crippen LogP contribution in [0.1, 0.15) is 40.5 Å². The van der Waals surface area contributed by atoms with E-state index in [0.29, 0.717) is 12.8 Å². The molecule has 0 rings (SSSR count). The molecule has 0 bridgehead atoms. The number of carbonyl (C=O) groups excluding carboxylic acids is 1. The van der Waals surface area contributed by atoms with Gasteiger partial charge in [0.15, 0.2) is 0 Å². The Morgan fingerprint density at radius 1 is 1.45 bits per heavy atom. The fourth-order valence-electron chi connectivity index (χ4n) is 1.24. The zero-order valence-electron chi connectivity index (χ0n) is 7.85. The Labute approximate surface area is 68.6 Å². The van der Waals surface area contributed by atoms with Crippen molar-refractivity contribution in [2.75, 3.05) is 0 Å². The number of hydrogen-bond donors (Lipinski definition) is 1. The second kappa shape index (κ2) is 3.86. The molecule has 66 valence electrons. The number of ketones is 1. The lowest BCUT2D eigenvalue weighted by atomic mass is 9.82. The van der Waals surface area contributed by atoms with Gasteiger partial charge in [0.05, 0.1) is 5.60 Å². The van der Waals surface area contributed by atoms with Gasteiger partial charge < -0.3 is 5.11 Å². The minimum absolute atomic E-state index is 0.0659. The second-order valence-electron chi connectivity index (χ2n) is 3.14. The molecule has 2 heteroatoms. The molecular formula is C9H18O2. The third-order valence-electron chi connectivity index (χ3n) is 2.64. The van der Waals surface area contributed by atoms with Crippen LogP contribution in [0.15, 0.2) is 0 Å². The van der Waals surface area contributed by atoms with Gasteiger partial charge in [0, 0.05) is 5.92 Å². The molecule has 0 aliphatic rings. The first-order chi connectivity index (χ1) is 4.98. The van der Waals surface area contributed by atoms with E-state index in [2.05, 4.69) is 0 Å². The summed E-state index contributed by atoms with van der Waals surface area (Å²) in [6, 6.07) is 0. The molecule has 0 radical (unpaired) electrons. The molecule has 0 saturated carbocycles. The fourth-order valence-corrected chi connectivity index (χ4v) is 1.24. The summed E-state index contributed by atoms with van der Waals surface area (Å²) >= 11 is 0. The van der Waals surface area contributed by atoms with Gasteiger partial charge in [0.25, 0.3) is 0 Å². The maximum atomic E-state index is 10.9. The number of aliphatic hydroxyl groups is 1. The van der Waals surface area contributed by atoms with Crippen molar-refractivity contribution in [3.05, 3.63) is 0 Å². The lowest BCUT2D eigenvalue weighted by Gasteiger charge is -2.30. The SMILES string of the molecule is CCC(O)(CC)C(C)C(C)=O. The van der Waals surface area contributed by atoms with Crippen molar-refractivity contribution in [2.24, 2.45) is 5.92 Å². The smallest absolute Gasteiger partial charge is 0.135 e. The van der Waals surface area contributed by atoms with E-state index in [9.17, 15) is 9.90 Å². The van der Waals surface area contributed by atoms with Crippen molar-refractivity contribution < 1.29 is 9.90 Å². The van der Waals surface area contributed by atoms with Crippen LogP contribution in [0, 0.1) is 5.92 Å². The van der Waals surface area contributed by atoms with Gasteiger partial charge in [0.2, 0.25) is 0 Å². The first-order valence-corrected chi connectivity index (χ1v) is 4.20. The van der Waals surface area contributed by atoms with Crippen LogP contribution >= 0.6 is 0 Å². The lowest BCUT2D eigenvalue weighted by Crippen LogP contribution is -2.38. The minimum atomic E-state index is -0.786. The largest absolute Gasteiger partial charge is 0.389 e. The van der Waals surface area contributed by atoms with Gasteiger partial charge in [-0.3, -0.25) is 4.79 Å². The Morgan fingerprint density at radius 3 is 1.91 bits per heavy atom. The zero-order valence-corrected chi connectivity index (χ0v) is 7.85. The lowest BCUT2D eigenvalue weighted by molar-refractivity contribution is -0.129. The summed E-state index contributed by atoms with van der Waals surface area (Å²) in [4.78, 5) is 10.9. The average Bonchev–Trinajstić information content (AvgIpc) is 2.01. The Morgan fingerprint density at radius 2 is 1.82 bits per heavy atom. The van der Waals surface area contributed by atoms with Gasteiger partial charge in [0.1, 0.15) is 5.78 Å². The van der Waals surface area contributed by atoms with E-state index >= 15 is 0 Å². The third-order valence-corrected chi connectivity index (χ3v) is 2.64. The van der Waals surface area contributed by atoms with Gasteiger partial charge in [-0.2, -0.15) is 0 Å². The van der Waals surface area contributed by atoms with Gasteiger partial charge in [-0.1, -0.05) is 20.8 Å². The number of Topliss-reactive ketones (excluding diaryl/α,β-unsaturated/α-hetero) is 1. The summed E-state index contributed by atoms with van der Waals surface area (Å²) in [7, 11) is 0. The second-order valence-corrected chi connectivity index (χ2v) is 3.14. The van der Waals surface area contributed by atoms with Crippen LogP contribution in [0.3, 0.4) is 0 Å². The Kier molecular flexibility index (Phi) is 3.73. The molecule has 1 unspecified atom stereocenters. The highest BCUT2D eigenvalue weighted by atomic mass is 16.3. The molecule has 1 N–H and O–H groups in total. The van der Waals surface area contributed by atoms with E-state index in [-0.39, 0.29) is 11.7 Å². The van der Waals surface area contributed by atoms with E-state index < -0.39 is 5.60 Å². The average molecular weight is 158 g/mol. The van der Waals surface area contributed by atoms with Crippen LogP contribution in [0.5, 0.6) is 0 Å². The van der Waals surface area contributed by atoms with E-state index in [1.165, 1.54) is 6.92 Å². The highest BCUT2D eigenvalue weighted by Gasteiger charge is 2.32. The molecule has 0 spiro atoms. The Hall–Kier alpha value is -0.370. The summed E-state index contributed by atoms with van der Waals surface area (Å²) in [6.07, 6.45) is 1.29. The highest BCUT2D eigenvalue weighted by Crippen LogP contribution is 2.25. The molecule has 0 aliphatic carbocycles. The zero-order chi connectivity index (χ0) is 9.07. The molecule has 0 aliphatic heterocycles. The molecule has 0 saturated heterocycles. The first kappa shape index (κ1) is 10.6. The summed E-state index contributed by atoms with van der Waals surface area (Å²) in [5.41, 5.74) is -0.786. The molecular weight excluding hydrogens is 140 g/mol. The predicted octanol–water partition coefficient (Wildman–Crippen LogP) is 1.76. The van der Waals surface area contributed by atoms with Gasteiger partial charge in [-0.05, 0) is 19.8 Å². The van der Waals surface area contributed by atoms with Crippen molar-refractivity contribution in [1.82, 2.24) is 0 Å². The molecule has 11 heavy (non-hydrogen) atoms. The highest BCUT2D eigenvalue weighted by molar-refractivity contribution is 5.79. The van der Waals surface area contributed by atoms with Crippen LogP contribution in [-0.4, -0.2) is 16.5 Å². The monoisotopic (exact) mass is 158 g/mol. The van der Waals surface area contributed by atoms with Crippen molar-refractivity contribution >= 4 is 5.78 Å². The first-order valence-electron chi connectivity index (χ1n) is 4.20. The van der Waals surface area contributed by atoms with E-state index in [1.807, 2.05) is 13.8 Å². The summed E-state index contributed by atoms with van der Waals surface area (Å²) in [5.74, 6) is -0.173. The van der Waals surface area contributed by atoms with Crippen molar-refractivity contribution in [3.8, 4) is 0 Å². The van der Waals surface area contributed by atoms with Crippen molar-refractivity contribution in [3.63, 3.8) is 0 Å². The van der Waals surface area contributed by atoms with E-state index in [0.717, 1.165) is 0 Å². The molecule has 0 fully saturated rings. The van der Waals surface area contributed by atoms with Gasteiger partial charge >= 0.3 is 0 Å². The van der Waals surface area contributed by atoms with Crippen LogP contribution in [0.25, 0.3) is 0 Å². The summed E-state index contributed by atoms with van der Waals surface area (Å²) in [6.45, 7) is 7.13. The molecule has 1 atom stereocenters. The predicted molar refractivity (Wildman–Crippen MR) is 45.4 cm³/mol. The van der Waals surface area contributed by atoms with Crippen LogP contribution in [-0.2, 0) is 4.79 Å². The van der Waals surface area contributed by atoms with Gasteiger partial charge in [-0.15, -0.1) is 0 Å². The normalized spacial score (nSPS) is 14.6. The summed E-state index contributed by atoms with van der Waals surface area (Å²) < 4.78 is 0. The number of carbonyl (C=O) groups is 1. The molecule has 0 amide bonds. The van der Waals surface area contributed by atoms with Crippen LogP contribution in [0.2, 0.25) is 0 Å². The maximum absolute atomic E-state index is 10.9. The minimum Gasteiger partial charge on any atom is -0.389 e. The Bertz CT molecular complexity index is 136. The Balaban J connectivity index is 4.36. The van der Waals surface area contributed by atoms with Crippen molar-refractivity contribution in [2.45, 2.75) is 46.1 Å². The van der Waals surface area contributed by atoms with Gasteiger partial charge in [-0.25, -0.2) is 0 Å². The van der Waals surface area contributed by atoms with E-state index in [1.54, 1.807) is 6.92 Å². The summed E-state index contributed by atoms with van der Waals surface area (Å²) in [5, 5.41) is 9.85. The molecule has 0 heterocycles. The molecule has 0 aromatic carbocycles. The number of hydrogen-bond acceptors (Lipinski definition) is 2. The molecule has 0 aromatic heterocycles.